The highest BCUT2D eigenvalue weighted by Crippen LogP contribution is 2.14. The molecule has 0 bridgehead atoms. The molecule has 2 rings (SSSR count). The molecule has 6 heteroatoms. The average molecular weight is 316 g/mol. The van der Waals surface area contributed by atoms with Crippen LogP contribution in [0.1, 0.15) is 11.1 Å². The lowest BCUT2D eigenvalue weighted by atomic mass is 10.2. The molecule has 2 aromatic rings. The summed E-state index contributed by atoms with van der Waals surface area (Å²) in [6.07, 6.45) is 1.47. The van der Waals surface area contributed by atoms with E-state index in [0.29, 0.717) is 10.7 Å². The second-order valence-electron chi connectivity index (χ2n) is 4.58. The number of carbonyl (C=O) groups is 2. The van der Waals surface area contributed by atoms with Crippen LogP contribution in [-0.4, -0.2) is 18.0 Å². The van der Waals surface area contributed by atoms with Crippen molar-refractivity contribution in [2.75, 3.05) is 5.32 Å². The van der Waals surface area contributed by atoms with E-state index in [1.54, 1.807) is 24.3 Å². The molecule has 0 saturated heterocycles. The standard InChI is InChI=1S/C16H14ClN3O2/c1-11-4-2-5-12(8-11)10-18-20-16(22)15(21)19-14-7-3-6-13(17)9-14/h2-10H,1H3,(H,19,21)(H,20,22)/b18-10+. The highest BCUT2D eigenvalue weighted by Gasteiger charge is 2.12. The lowest BCUT2D eigenvalue weighted by Crippen LogP contribution is -2.32. The fourth-order valence-corrected chi connectivity index (χ4v) is 1.91. The number of hydrazone groups is 1. The van der Waals surface area contributed by atoms with E-state index in [4.69, 9.17) is 11.6 Å². The molecule has 0 heterocycles. The lowest BCUT2D eigenvalue weighted by Gasteiger charge is -2.04. The largest absolute Gasteiger partial charge is 0.329 e. The molecular formula is C16H14ClN3O2. The molecule has 0 aliphatic heterocycles. The summed E-state index contributed by atoms with van der Waals surface area (Å²) in [5.74, 6) is -1.67. The predicted molar refractivity (Wildman–Crippen MR) is 87.0 cm³/mol. The maximum absolute atomic E-state index is 11.7. The molecule has 2 aromatic carbocycles. The fourth-order valence-electron chi connectivity index (χ4n) is 1.72. The van der Waals surface area contributed by atoms with Gasteiger partial charge < -0.3 is 5.32 Å². The summed E-state index contributed by atoms with van der Waals surface area (Å²) in [4.78, 5) is 23.3. The first-order valence-corrected chi connectivity index (χ1v) is 6.89. The van der Waals surface area contributed by atoms with Crippen LogP contribution in [0.4, 0.5) is 5.69 Å². The Bertz CT molecular complexity index is 729. The highest BCUT2D eigenvalue weighted by atomic mass is 35.5. The lowest BCUT2D eigenvalue weighted by molar-refractivity contribution is -0.136. The van der Waals surface area contributed by atoms with Gasteiger partial charge >= 0.3 is 11.8 Å². The van der Waals surface area contributed by atoms with Crippen molar-refractivity contribution in [1.82, 2.24) is 5.43 Å². The summed E-state index contributed by atoms with van der Waals surface area (Å²) in [6, 6.07) is 14.1. The maximum Gasteiger partial charge on any atom is 0.329 e. The Morgan fingerprint density at radius 2 is 1.86 bits per heavy atom. The molecule has 2 N–H and O–H groups in total. The first-order valence-electron chi connectivity index (χ1n) is 6.51. The average Bonchev–Trinajstić information content (AvgIpc) is 2.47. The van der Waals surface area contributed by atoms with Crippen LogP contribution in [0, 0.1) is 6.92 Å². The van der Waals surface area contributed by atoms with Crippen molar-refractivity contribution in [3.63, 3.8) is 0 Å². The van der Waals surface area contributed by atoms with Crippen LogP contribution in [0.5, 0.6) is 0 Å². The number of anilines is 1. The molecule has 2 amide bonds. The monoisotopic (exact) mass is 315 g/mol. The molecule has 0 spiro atoms. The second-order valence-corrected chi connectivity index (χ2v) is 5.01. The summed E-state index contributed by atoms with van der Waals surface area (Å²) in [5.41, 5.74) is 4.52. The van der Waals surface area contributed by atoms with E-state index in [2.05, 4.69) is 15.8 Å². The van der Waals surface area contributed by atoms with E-state index in [-0.39, 0.29) is 0 Å². The van der Waals surface area contributed by atoms with Gasteiger partial charge in [-0.05, 0) is 30.7 Å². The Balaban J connectivity index is 1.90. The smallest absolute Gasteiger partial charge is 0.318 e. The second kappa shape index (κ2) is 7.38. The fraction of sp³-hybridized carbons (Fsp3) is 0.0625. The summed E-state index contributed by atoms with van der Waals surface area (Å²) >= 11 is 5.80. The van der Waals surface area contributed by atoms with Crippen LogP contribution in [0.3, 0.4) is 0 Å². The highest BCUT2D eigenvalue weighted by molar-refractivity contribution is 6.39. The van der Waals surface area contributed by atoms with Gasteiger partial charge in [-0.1, -0.05) is 47.5 Å². The number of nitrogens with zero attached hydrogens (tertiary/aromatic N) is 1. The molecule has 0 unspecified atom stereocenters. The summed E-state index contributed by atoms with van der Waals surface area (Å²) in [7, 11) is 0. The summed E-state index contributed by atoms with van der Waals surface area (Å²) in [6.45, 7) is 1.95. The van der Waals surface area contributed by atoms with Gasteiger partial charge in [0.1, 0.15) is 0 Å². The van der Waals surface area contributed by atoms with E-state index in [9.17, 15) is 9.59 Å². The van der Waals surface area contributed by atoms with Crippen LogP contribution in [0.25, 0.3) is 0 Å². The molecule has 0 aliphatic carbocycles. The van der Waals surface area contributed by atoms with Gasteiger partial charge in [-0.15, -0.1) is 0 Å². The minimum absolute atomic E-state index is 0.440. The molecule has 112 valence electrons. The Labute approximate surface area is 133 Å². The van der Waals surface area contributed by atoms with E-state index in [0.717, 1.165) is 11.1 Å². The number of halogens is 1. The molecule has 0 aliphatic rings. The van der Waals surface area contributed by atoms with Gasteiger partial charge in [-0.2, -0.15) is 5.10 Å². The zero-order valence-corrected chi connectivity index (χ0v) is 12.6. The summed E-state index contributed by atoms with van der Waals surface area (Å²) < 4.78 is 0. The number of benzene rings is 2. The number of hydrogen-bond acceptors (Lipinski definition) is 3. The number of hydrogen-bond donors (Lipinski definition) is 2. The molecule has 22 heavy (non-hydrogen) atoms. The molecule has 0 saturated carbocycles. The van der Waals surface area contributed by atoms with Crippen molar-refractivity contribution in [3.8, 4) is 0 Å². The van der Waals surface area contributed by atoms with Crippen molar-refractivity contribution in [1.29, 1.82) is 0 Å². The quantitative estimate of drug-likeness (QED) is 0.519. The van der Waals surface area contributed by atoms with Crippen LogP contribution in [0.2, 0.25) is 5.02 Å². The zero-order chi connectivity index (χ0) is 15.9. The maximum atomic E-state index is 11.7. The Hall–Kier alpha value is -2.66. The Morgan fingerprint density at radius 3 is 2.59 bits per heavy atom. The normalized spacial score (nSPS) is 10.5. The van der Waals surface area contributed by atoms with Gasteiger partial charge in [-0.25, -0.2) is 5.43 Å². The van der Waals surface area contributed by atoms with E-state index >= 15 is 0 Å². The molecule has 5 nitrogen and oxygen atoms in total. The van der Waals surface area contributed by atoms with Crippen LogP contribution >= 0.6 is 11.6 Å². The van der Waals surface area contributed by atoms with Gasteiger partial charge in [0.2, 0.25) is 0 Å². The third-order valence-corrected chi connectivity index (χ3v) is 2.95. The summed E-state index contributed by atoms with van der Waals surface area (Å²) in [5, 5.41) is 6.65. The van der Waals surface area contributed by atoms with Crippen molar-refractivity contribution in [2.24, 2.45) is 5.10 Å². The van der Waals surface area contributed by atoms with E-state index < -0.39 is 11.8 Å². The number of amides is 2. The van der Waals surface area contributed by atoms with Crippen molar-refractivity contribution < 1.29 is 9.59 Å². The predicted octanol–water partition coefficient (Wildman–Crippen LogP) is 2.74. The minimum atomic E-state index is -0.858. The van der Waals surface area contributed by atoms with E-state index in [1.807, 2.05) is 31.2 Å². The number of rotatable bonds is 3. The van der Waals surface area contributed by atoms with Gasteiger partial charge in [0, 0.05) is 10.7 Å². The number of aryl methyl sites for hydroxylation is 1. The first kappa shape index (κ1) is 15.7. The van der Waals surface area contributed by atoms with Gasteiger partial charge in [-0.3, -0.25) is 9.59 Å². The SMILES string of the molecule is Cc1cccc(/C=N/NC(=O)C(=O)Nc2cccc(Cl)c2)c1. The van der Waals surface area contributed by atoms with Crippen molar-refractivity contribution in [3.05, 3.63) is 64.7 Å². The van der Waals surface area contributed by atoms with Crippen LogP contribution in [-0.2, 0) is 9.59 Å². The molecular weight excluding hydrogens is 302 g/mol. The first-order chi connectivity index (χ1) is 10.5. The molecule has 0 atom stereocenters. The van der Waals surface area contributed by atoms with E-state index in [1.165, 1.54) is 6.21 Å². The van der Waals surface area contributed by atoms with Crippen LogP contribution < -0.4 is 10.7 Å². The molecule has 0 radical (unpaired) electrons. The van der Waals surface area contributed by atoms with Gasteiger partial charge in [0.05, 0.1) is 6.21 Å². The molecule has 0 aromatic heterocycles. The molecule has 0 fully saturated rings. The third kappa shape index (κ3) is 4.71. The topological polar surface area (TPSA) is 70.6 Å². The van der Waals surface area contributed by atoms with Crippen molar-refractivity contribution >= 4 is 35.3 Å². The van der Waals surface area contributed by atoms with Crippen molar-refractivity contribution in [2.45, 2.75) is 6.92 Å². The third-order valence-electron chi connectivity index (χ3n) is 2.71. The van der Waals surface area contributed by atoms with Crippen LogP contribution in [0.15, 0.2) is 53.6 Å². The minimum Gasteiger partial charge on any atom is -0.318 e. The van der Waals surface area contributed by atoms with Gasteiger partial charge in [0.25, 0.3) is 0 Å². The number of carbonyl (C=O) groups excluding carboxylic acids is 2. The van der Waals surface area contributed by atoms with Gasteiger partial charge in [0.15, 0.2) is 0 Å². The zero-order valence-electron chi connectivity index (χ0n) is 11.8. The number of nitrogens with one attached hydrogen (secondary N) is 2. The Morgan fingerprint density at radius 1 is 1.09 bits per heavy atom. The Kier molecular flexibility index (Phi) is 5.27.